The zero-order chi connectivity index (χ0) is 26.5. The molecule has 1 saturated carbocycles. The number of rotatable bonds is 8. The molecule has 3 aliphatic rings. The van der Waals surface area contributed by atoms with Crippen LogP contribution in [0.3, 0.4) is 0 Å². The molecule has 0 spiro atoms. The molecular weight excluding hydrogens is 476 g/mol. The minimum absolute atomic E-state index is 0.0705. The first kappa shape index (κ1) is 26.5. The second-order valence-corrected chi connectivity index (χ2v) is 11.3. The maximum Gasteiger partial charge on any atom is 0.318 e. The summed E-state index contributed by atoms with van der Waals surface area (Å²) < 4.78 is 5.61. The summed E-state index contributed by atoms with van der Waals surface area (Å²) in [6, 6.07) is 14.3. The van der Waals surface area contributed by atoms with Crippen molar-refractivity contribution in [3.05, 3.63) is 59.8 Å². The molecule has 5 rings (SSSR count). The Bertz CT molecular complexity index is 1210. The third-order valence-corrected chi connectivity index (χ3v) is 8.76. The van der Waals surface area contributed by atoms with Gasteiger partial charge in [-0.3, -0.25) is 14.4 Å². The highest BCUT2D eigenvalue weighted by Crippen LogP contribution is 2.50. The first-order valence-corrected chi connectivity index (χ1v) is 14.4. The third-order valence-electron chi connectivity index (χ3n) is 8.76. The highest BCUT2D eigenvalue weighted by molar-refractivity contribution is 5.93. The van der Waals surface area contributed by atoms with Crippen LogP contribution in [0.2, 0.25) is 0 Å². The quantitative estimate of drug-likeness (QED) is 0.444. The molecule has 6 nitrogen and oxygen atoms in total. The number of esters is 1. The predicted octanol–water partition coefficient (Wildman–Crippen LogP) is 5.89. The summed E-state index contributed by atoms with van der Waals surface area (Å²) in [6.45, 7) is 3.15. The van der Waals surface area contributed by atoms with E-state index in [0.29, 0.717) is 31.8 Å². The van der Waals surface area contributed by atoms with E-state index in [1.165, 1.54) is 19.3 Å². The van der Waals surface area contributed by atoms with Gasteiger partial charge in [0.15, 0.2) is 0 Å². The van der Waals surface area contributed by atoms with E-state index in [2.05, 4.69) is 29.6 Å². The molecule has 2 amide bonds. The Morgan fingerprint density at radius 2 is 1.84 bits per heavy atom. The van der Waals surface area contributed by atoms with E-state index in [0.717, 1.165) is 47.7 Å². The molecule has 2 atom stereocenters. The molecule has 0 aromatic heterocycles. The van der Waals surface area contributed by atoms with Gasteiger partial charge in [0.05, 0.1) is 13.2 Å². The Kier molecular flexibility index (Phi) is 8.15. The van der Waals surface area contributed by atoms with Crippen LogP contribution in [0.1, 0.15) is 76.7 Å². The van der Waals surface area contributed by atoms with Gasteiger partial charge in [-0.1, -0.05) is 67.8 Å². The Morgan fingerprint density at radius 1 is 1.05 bits per heavy atom. The van der Waals surface area contributed by atoms with Crippen molar-refractivity contribution in [2.75, 3.05) is 13.2 Å². The normalized spacial score (nSPS) is 24.0. The van der Waals surface area contributed by atoms with Crippen LogP contribution < -0.4 is 5.32 Å². The van der Waals surface area contributed by atoms with Gasteiger partial charge in [-0.05, 0) is 67.7 Å². The summed E-state index contributed by atoms with van der Waals surface area (Å²) in [4.78, 5) is 42.4. The SMILES string of the molecule is CCOC(=O)[C@]12CCCC=C1N(Cc1cccc3ccccc13)C(=O)[C@H](CC(=O)NCC1CCCCC1)C2. The Morgan fingerprint density at radius 3 is 2.66 bits per heavy atom. The van der Waals surface area contributed by atoms with Crippen molar-refractivity contribution < 1.29 is 19.1 Å². The van der Waals surface area contributed by atoms with E-state index in [9.17, 15) is 14.4 Å². The van der Waals surface area contributed by atoms with Crippen molar-refractivity contribution in [1.82, 2.24) is 10.2 Å². The smallest absolute Gasteiger partial charge is 0.318 e. The average Bonchev–Trinajstić information content (AvgIpc) is 2.95. The largest absolute Gasteiger partial charge is 0.465 e. The van der Waals surface area contributed by atoms with Crippen molar-refractivity contribution in [2.45, 2.75) is 77.7 Å². The summed E-state index contributed by atoms with van der Waals surface area (Å²) in [7, 11) is 0. The van der Waals surface area contributed by atoms with E-state index < -0.39 is 11.3 Å². The highest BCUT2D eigenvalue weighted by atomic mass is 16.5. The second kappa shape index (κ2) is 11.7. The zero-order valence-electron chi connectivity index (χ0n) is 22.5. The van der Waals surface area contributed by atoms with E-state index in [4.69, 9.17) is 4.74 Å². The topological polar surface area (TPSA) is 75.7 Å². The monoisotopic (exact) mass is 516 g/mol. The van der Waals surface area contributed by atoms with Gasteiger partial charge >= 0.3 is 5.97 Å². The zero-order valence-corrected chi connectivity index (χ0v) is 22.5. The second-order valence-electron chi connectivity index (χ2n) is 11.3. The number of hydrogen-bond acceptors (Lipinski definition) is 4. The third kappa shape index (κ3) is 5.36. The van der Waals surface area contributed by atoms with Crippen LogP contribution in [0.5, 0.6) is 0 Å². The lowest BCUT2D eigenvalue weighted by Gasteiger charge is -2.48. The van der Waals surface area contributed by atoms with Gasteiger partial charge in [0.2, 0.25) is 11.8 Å². The Labute approximate surface area is 225 Å². The first-order chi connectivity index (χ1) is 18.5. The van der Waals surface area contributed by atoms with Gasteiger partial charge < -0.3 is 15.0 Å². The van der Waals surface area contributed by atoms with E-state index in [1.807, 2.05) is 31.2 Å². The molecule has 0 bridgehead atoms. The molecule has 2 fully saturated rings. The van der Waals surface area contributed by atoms with Crippen molar-refractivity contribution >= 4 is 28.6 Å². The lowest BCUT2D eigenvalue weighted by molar-refractivity contribution is -0.162. The molecule has 38 heavy (non-hydrogen) atoms. The van der Waals surface area contributed by atoms with E-state index in [-0.39, 0.29) is 30.8 Å². The minimum atomic E-state index is -0.888. The fraction of sp³-hybridized carbons (Fsp3) is 0.531. The number of amides is 2. The highest BCUT2D eigenvalue weighted by Gasteiger charge is 2.54. The summed E-state index contributed by atoms with van der Waals surface area (Å²) in [5, 5.41) is 5.31. The van der Waals surface area contributed by atoms with Crippen molar-refractivity contribution in [3.8, 4) is 0 Å². The molecule has 2 aliphatic carbocycles. The summed E-state index contributed by atoms with van der Waals surface area (Å²) in [5.74, 6) is -0.471. The predicted molar refractivity (Wildman–Crippen MR) is 148 cm³/mol. The molecular formula is C32H40N2O4. The molecule has 0 unspecified atom stereocenters. The van der Waals surface area contributed by atoms with Crippen molar-refractivity contribution in [1.29, 1.82) is 0 Å². The van der Waals surface area contributed by atoms with Crippen LogP contribution in [0.25, 0.3) is 10.8 Å². The molecule has 1 saturated heterocycles. The van der Waals surface area contributed by atoms with Crippen LogP contribution in [0, 0.1) is 17.3 Å². The Balaban J connectivity index is 1.43. The van der Waals surface area contributed by atoms with Crippen LogP contribution in [0.4, 0.5) is 0 Å². The fourth-order valence-corrected chi connectivity index (χ4v) is 6.82. The number of allylic oxidation sites excluding steroid dienone is 1. The van der Waals surface area contributed by atoms with Gasteiger partial charge in [0, 0.05) is 24.6 Å². The number of piperidine rings is 1. The number of benzene rings is 2. The van der Waals surface area contributed by atoms with Gasteiger partial charge in [-0.25, -0.2) is 0 Å². The molecule has 202 valence electrons. The van der Waals surface area contributed by atoms with Gasteiger partial charge in [0.1, 0.15) is 5.41 Å². The molecule has 1 heterocycles. The number of hydrogen-bond donors (Lipinski definition) is 1. The molecule has 1 aliphatic heterocycles. The molecule has 0 radical (unpaired) electrons. The van der Waals surface area contributed by atoms with Crippen LogP contribution >= 0.6 is 0 Å². The van der Waals surface area contributed by atoms with Gasteiger partial charge in [0.25, 0.3) is 0 Å². The summed E-state index contributed by atoms with van der Waals surface area (Å²) >= 11 is 0. The number of ether oxygens (including phenoxy) is 1. The van der Waals surface area contributed by atoms with Crippen LogP contribution in [0.15, 0.2) is 54.2 Å². The number of carbonyl (C=O) groups excluding carboxylic acids is 3. The number of nitrogens with zero attached hydrogens (tertiary/aromatic N) is 1. The lowest BCUT2D eigenvalue weighted by Crippen LogP contribution is -2.54. The van der Waals surface area contributed by atoms with Crippen LogP contribution in [-0.4, -0.2) is 35.8 Å². The number of nitrogens with one attached hydrogen (secondary N) is 1. The van der Waals surface area contributed by atoms with Crippen molar-refractivity contribution in [3.63, 3.8) is 0 Å². The molecule has 1 N–H and O–H groups in total. The molecule has 2 aromatic rings. The number of likely N-dealkylation sites (tertiary alicyclic amines) is 1. The average molecular weight is 517 g/mol. The number of fused-ring (bicyclic) bond motifs is 2. The van der Waals surface area contributed by atoms with Crippen molar-refractivity contribution in [2.24, 2.45) is 17.3 Å². The molecule has 6 heteroatoms. The maximum absolute atomic E-state index is 14.0. The summed E-state index contributed by atoms with van der Waals surface area (Å²) in [6.07, 6.45) is 10.8. The first-order valence-electron chi connectivity index (χ1n) is 14.4. The van der Waals surface area contributed by atoms with Gasteiger partial charge in [-0.15, -0.1) is 0 Å². The van der Waals surface area contributed by atoms with Crippen LogP contribution in [-0.2, 0) is 25.7 Å². The van der Waals surface area contributed by atoms with E-state index in [1.54, 1.807) is 4.90 Å². The standard InChI is InChI=1S/C32H40N2O4/c1-2-38-31(37)32-18-9-8-17-28(32)34(22-25-15-10-14-24-13-6-7-16-27(24)25)30(36)26(20-32)19-29(35)33-21-23-11-4-3-5-12-23/h6-7,10,13-17,23,26H,2-5,8-9,11-12,18-22H2,1H3,(H,33,35)/t26-,32+/m1/s1. The number of carbonyl (C=O) groups is 3. The summed E-state index contributed by atoms with van der Waals surface area (Å²) in [5.41, 5.74) is 0.906. The fourth-order valence-electron chi connectivity index (χ4n) is 6.82. The van der Waals surface area contributed by atoms with E-state index >= 15 is 0 Å². The maximum atomic E-state index is 14.0. The minimum Gasteiger partial charge on any atom is -0.465 e. The molecule has 2 aromatic carbocycles. The lowest BCUT2D eigenvalue weighted by atomic mass is 9.66. The Hall–Kier alpha value is -3.15. The van der Waals surface area contributed by atoms with Gasteiger partial charge in [-0.2, -0.15) is 0 Å².